The molecule has 1 heterocycles. The second kappa shape index (κ2) is 8.44. The zero-order valence-electron chi connectivity index (χ0n) is 16.5. The fraction of sp³-hybridized carbons (Fsp3) is 0.409. The number of carbonyl (C=O) groups excluding carboxylic acids is 1. The lowest BCUT2D eigenvalue weighted by atomic mass is 10.0. The van der Waals surface area contributed by atoms with Crippen molar-refractivity contribution in [3.05, 3.63) is 59.2 Å². The molecule has 0 saturated carbocycles. The largest absolute Gasteiger partial charge is 0.486 e. The first kappa shape index (κ1) is 19.2. The molecule has 1 aliphatic rings. The van der Waals surface area contributed by atoms with Crippen molar-refractivity contribution in [1.29, 1.82) is 0 Å². The Kier molecular flexibility index (Phi) is 6.01. The predicted octanol–water partition coefficient (Wildman–Crippen LogP) is 3.25. The van der Waals surface area contributed by atoms with Gasteiger partial charge in [0.15, 0.2) is 11.5 Å². The van der Waals surface area contributed by atoms with Crippen molar-refractivity contribution in [2.75, 3.05) is 26.7 Å². The van der Waals surface area contributed by atoms with Gasteiger partial charge in [0.05, 0.1) is 12.6 Å². The first-order valence-corrected chi connectivity index (χ1v) is 9.36. The average Bonchev–Trinajstić information content (AvgIpc) is 2.63. The number of nitrogens with one attached hydrogen (secondary N) is 1. The smallest absolute Gasteiger partial charge is 0.234 e. The SMILES string of the molecule is Cc1ccc(C(C)NC(=O)CN(C)CC2COc3ccccc3O2)cc1C. The van der Waals surface area contributed by atoms with Crippen LogP contribution < -0.4 is 14.8 Å². The number of hydrogen-bond donors (Lipinski definition) is 1. The van der Waals surface area contributed by atoms with Gasteiger partial charge in [-0.05, 0) is 56.6 Å². The van der Waals surface area contributed by atoms with Gasteiger partial charge in [-0.15, -0.1) is 0 Å². The van der Waals surface area contributed by atoms with Crippen LogP contribution in [0.4, 0.5) is 0 Å². The number of nitrogens with zero attached hydrogens (tertiary/aromatic N) is 1. The van der Waals surface area contributed by atoms with Gasteiger partial charge in [0, 0.05) is 6.54 Å². The highest BCUT2D eigenvalue weighted by Crippen LogP contribution is 2.30. The minimum absolute atomic E-state index is 0.000330. The van der Waals surface area contributed by atoms with E-state index in [2.05, 4.69) is 37.4 Å². The van der Waals surface area contributed by atoms with Crippen LogP contribution in [0.2, 0.25) is 0 Å². The molecule has 5 nitrogen and oxygen atoms in total. The monoisotopic (exact) mass is 368 g/mol. The van der Waals surface area contributed by atoms with Crippen molar-refractivity contribution in [3.63, 3.8) is 0 Å². The summed E-state index contributed by atoms with van der Waals surface area (Å²) in [5, 5.41) is 3.07. The lowest BCUT2D eigenvalue weighted by Crippen LogP contribution is -2.43. The molecule has 0 fully saturated rings. The Labute approximate surface area is 161 Å². The predicted molar refractivity (Wildman–Crippen MR) is 106 cm³/mol. The second-order valence-corrected chi connectivity index (χ2v) is 7.33. The maximum absolute atomic E-state index is 12.4. The van der Waals surface area contributed by atoms with E-state index in [1.807, 2.05) is 43.1 Å². The highest BCUT2D eigenvalue weighted by molar-refractivity contribution is 5.78. The standard InChI is InChI=1S/C22H28N2O3/c1-15-9-10-18(11-16(15)2)17(3)23-22(25)13-24(4)12-19-14-26-20-7-5-6-8-21(20)27-19/h5-11,17,19H,12-14H2,1-4H3,(H,23,25). The number of carbonyl (C=O) groups is 1. The number of amides is 1. The summed E-state index contributed by atoms with van der Waals surface area (Å²) in [5.41, 5.74) is 3.61. The highest BCUT2D eigenvalue weighted by atomic mass is 16.6. The van der Waals surface area contributed by atoms with Gasteiger partial charge in [0.25, 0.3) is 0 Å². The van der Waals surface area contributed by atoms with Crippen LogP contribution in [0.5, 0.6) is 11.5 Å². The van der Waals surface area contributed by atoms with E-state index in [1.54, 1.807) is 0 Å². The van der Waals surface area contributed by atoms with Crippen molar-refractivity contribution in [2.24, 2.45) is 0 Å². The molecule has 2 aromatic rings. The van der Waals surface area contributed by atoms with Crippen molar-refractivity contribution in [2.45, 2.75) is 32.9 Å². The van der Waals surface area contributed by atoms with Crippen LogP contribution in [0.1, 0.15) is 29.7 Å². The summed E-state index contributed by atoms with van der Waals surface area (Å²) >= 11 is 0. The number of likely N-dealkylation sites (N-methyl/N-ethyl adjacent to an activating group) is 1. The van der Waals surface area contributed by atoms with E-state index in [9.17, 15) is 4.79 Å². The number of para-hydroxylation sites is 2. The molecule has 0 bridgehead atoms. The summed E-state index contributed by atoms with van der Waals surface area (Å²) in [6, 6.07) is 13.9. The molecular weight excluding hydrogens is 340 g/mol. The fourth-order valence-corrected chi connectivity index (χ4v) is 3.21. The van der Waals surface area contributed by atoms with E-state index in [0.717, 1.165) is 17.1 Å². The average molecular weight is 368 g/mol. The molecule has 2 aromatic carbocycles. The molecule has 27 heavy (non-hydrogen) atoms. The van der Waals surface area contributed by atoms with Gasteiger partial charge in [0.1, 0.15) is 12.7 Å². The number of benzene rings is 2. The lowest BCUT2D eigenvalue weighted by molar-refractivity contribution is -0.122. The Hall–Kier alpha value is -2.53. The van der Waals surface area contributed by atoms with Gasteiger partial charge in [-0.25, -0.2) is 0 Å². The Morgan fingerprint density at radius 3 is 2.67 bits per heavy atom. The number of rotatable bonds is 6. The third-order valence-corrected chi connectivity index (χ3v) is 4.90. The topological polar surface area (TPSA) is 50.8 Å². The number of aryl methyl sites for hydroxylation is 2. The molecule has 144 valence electrons. The zero-order valence-corrected chi connectivity index (χ0v) is 16.5. The summed E-state index contributed by atoms with van der Waals surface area (Å²) < 4.78 is 11.7. The molecule has 0 aliphatic carbocycles. The van der Waals surface area contributed by atoms with Gasteiger partial charge in [0.2, 0.25) is 5.91 Å². The summed E-state index contributed by atoms with van der Waals surface area (Å²) in [6.07, 6.45) is -0.0881. The molecule has 0 radical (unpaired) electrons. The third-order valence-electron chi connectivity index (χ3n) is 4.90. The molecule has 1 aliphatic heterocycles. The van der Waals surface area contributed by atoms with Crippen LogP contribution in [0.25, 0.3) is 0 Å². The highest BCUT2D eigenvalue weighted by Gasteiger charge is 2.23. The van der Waals surface area contributed by atoms with Crippen molar-refractivity contribution in [1.82, 2.24) is 10.2 Å². The summed E-state index contributed by atoms with van der Waals surface area (Å²) in [4.78, 5) is 14.4. The van der Waals surface area contributed by atoms with E-state index >= 15 is 0 Å². The maximum atomic E-state index is 12.4. The minimum Gasteiger partial charge on any atom is -0.486 e. The van der Waals surface area contributed by atoms with Crippen LogP contribution in [0.15, 0.2) is 42.5 Å². The van der Waals surface area contributed by atoms with E-state index < -0.39 is 0 Å². The quantitative estimate of drug-likeness (QED) is 0.850. The number of hydrogen-bond acceptors (Lipinski definition) is 4. The van der Waals surface area contributed by atoms with Gasteiger partial charge in [-0.3, -0.25) is 9.69 Å². The molecule has 0 aromatic heterocycles. The fourth-order valence-electron chi connectivity index (χ4n) is 3.21. The minimum atomic E-state index is -0.0881. The van der Waals surface area contributed by atoms with Crippen LogP contribution in [0.3, 0.4) is 0 Å². The molecule has 0 saturated heterocycles. The molecule has 2 atom stereocenters. The molecule has 2 unspecified atom stereocenters. The molecule has 1 amide bonds. The van der Waals surface area contributed by atoms with Gasteiger partial charge < -0.3 is 14.8 Å². The summed E-state index contributed by atoms with van der Waals surface area (Å²) in [5.74, 6) is 1.53. The van der Waals surface area contributed by atoms with Gasteiger partial charge in [-0.1, -0.05) is 30.3 Å². The number of ether oxygens (including phenoxy) is 2. The van der Waals surface area contributed by atoms with Crippen molar-refractivity contribution >= 4 is 5.91 Å². The molecule has 3 rings (SSSR count). The first-order chi connectivity index (χ1) is 12.9. The Morgan fingerprint density at radius 1 is 1.19 bits per heavy atom. The van der Waals surface area contributed by atoms with Crippen LogP contribution in [0, 0.1) is 13.8 Å². The molecule has 1 N–H and O–H groups in total. The summed E-state index contributed by atoms with van der Waals surface area (Å²) in [7, 11) is 1.92. The third kappa shape index (κ3) is 5.01. The van der Waals surface area contributed by atoms with Gasteiger partial charge in [-0.2, -0.15) is 0 Å². The van der Waals surface area contributed by atoms with E-state index in [-0.39, 0.29) is 18.1 Å². The maximum Gasteiger partial charge on any atom is 0.234 e. The van der Waals surface area contributed by atoms with E-state index in [1.165, 1.54) is 11.1 Å². The Balaban J connectivity index is 1.48. The molecular formula is C22H28N2O3. The normalized spacial score (nSPS) is 16.9. The van der Waals surface area contributed by atoms with Crippen LogP contribution >= 0.6 is 0 Å². The Bertz CT molecular complexity index is 806. The molecule has 5 heteroatoms. The van der Waals surface area contributed by atoms with Gasteiger partial charge >= 0.3 is 0 Å². The van der Waals surface area contributed by atoms with Crippen molar-refractivity contribution < 1.29 is 14.3 Å². The first-order valence-electron chi connectivity index (χ1n) is 9.36. The summed E-state index contributed by atoms with van der Waals surface area (Å²) in [6.45, 7) is 7.62. The van der Waals surface area contributed by atoms with E-state index in [4.69, 9.17) is 9.47 Å². The lowest BCUT2D eigenvalue weighted by Gasteiger charge is -2.29. The number of fused-ring (bicyclic) bond motifs is 1. The van der Waals surface area contributed by atoms with Crippen LogP contribution in [-0.4, -0.2) is 43.7 Å². The zero-order chi connectivity index (χ0) is 19.4. The van der Waals surface area contributed by atoms with E-state index in [0.29, 0.717) is 19.7 Å². The molecule has 0 spiro atoms. The van der Waals surface area contributed by atoms with Crippen molar-refractivity contribution in [3.8, 4) is 11.5 Å². The second-order valence-electron chi connectivity index (χ2n) is 7.33. The van der Waals surface area contributed by atoms with Crippen LogP contribution in [-0.2, 0) is 4.79 Å². The Morgan fingerprint density at radius 2 is 1.93 bits per heavy atom.